The van der Waals surface area contributed by atoms with Crippen LogP contribution in [0.4, 0.5) is 0 Å². The van der Waals surface area contributed by atoms with Gasteiger partial charge in [0, 0.05) is 25.3 Å². The Balaban J connectivity index is 2.20. The fourth-order valence-electron chi connectivity index (χ4n) is 1.33. The highest BCUT2D eigenvalue weighted by Gasteiger charge is 2.12. The van der Waals surface area contributed by atoms with Crippen LogP contribution in [-0.4, -0.2) is 20.5 Å². The number of rotatable bonds is 5. The summed E-state index contributed by atoms with van der Waals surface area (Å²) in [6, 6.07) is 0. The average molecular weight is 236 g/mol. The third kappa shape index (κ3) is 5.74. The predicted molar refractivity (Wildman–Crippen MR) is 68.9 cm³/mol. The van der Waals surface area contributed by atoms with E-state index in [1.165, 1.54) is 0 Å². The number of hydrogen-bond acceptors (Lipinski definition) is 2. The van der Waals surface area contributed by atoms with Crippen molar-refractivity contribution >= 4 is 13.9 Å². The van der Waals surface area contributed by atoms with Gasteiger partial charge >= 0.3 is 0 Å². The van der Waals surface area contributed by atoms with E-state index in [4.69, 9.17) is 4.74 Å². The number of hydrogen-bond donors (Lipinski definition) is 0. The van der Waals surface area contributed by atoms with Crippen molar-refractivity contribution in [2.45, 2.75) is 38.9 Å². The van der Waals surface area contributed by atoms with Crippen LogP contribution in [0.1, 0.15) is 19.3 Å². The van der Waals surface area contributed by atoms with Crippen molar-refractivity contribution < 1.29 is 9.53 Å². The van der Waals surface area contributed by atoms with Gasteiger partial charge < -0.3 is 4.74 Å². The molecule has 1 aliphatic carbocycles. The van der Waals surface area contributed by atoms with E-state index < -0.39 is 8.07 Å². The van der Waals surface area contributed by atoms with Crippen LogP contribution in [-0.2, 0) is 9.53 Å². The molecule has 0 bridgehead atoms. The molecule has 0 fully saturated rings. The molecule has 2 nitrogen and oxygen atoms in total. The normalized spacial score (nSPS) is 15.4. The summed E-state index contributed by atoms with van der Waals surface area (Å²) < 4.78 is 5.47. The summed E-state index contributed by atoms with van der Waals surface area (Å²) in [4.78, 5) is 10.9. The quantitative estimate of drug-likeness (QED) is 0.416. The molecule has 3 heteroatoms. The van der Waals surface area contributed by atoms with Gasteiger partial charge in [-0.25, -0.2) is 0 Å². The zero-order valence-electron chi connectivity index (χ0n) is 10.4. The van der Waals surface area contributed by atoms with E-state index in [1.54, 1.807) is 6.08 Å². The van der Waals surface area contributed by atoms with Crippen molar-refractivity contribution in [1.82, 2.24) is 0 Å². The maximum Gasteiger partial charge on any atom is 0.159 e. The Bertz CT molecular complexity index is 341. The molecule has 0 heterocycles. The highest BCUT2D eigenvalue weighted by Crippen LogP contribution is 2.15. The molecule has 0 aromatic carbocycles. The average Bonchev–Trinajstić information content (AvgIpc) is 2.56. The van der Waals surface area contributed by atoms with Crippen LogP contribution in [0, 0.1) is 0 Å². The molecule has 0 saturated heterocycles. The van der Waals surface area contributed by atoms with Gasteiger partial charge in [-0.05, 0) is 6.08 Å². The lowest BCUT2D eigenvalue weighted by Gasteiger charge is -2.05. The van der Waals surface area contributed by atoms with Gasteiger partial charge in [0.05, 0.1) is 20.4 Å². The Hall–Kier alpha value is -1.05. The first-order valence-corrected chi connectivity index (χ1v) is 9.33. The summed E-state index contributed by atoms with van der Waals surface area (Å²) in [5.41, 5.74) is 5.39. The molecule has 0 radical (unpaired) electrons. The Labute approximate surface area is 98.7 Å². The van der Waals surface area contributed by atoms with Crippen LogP contribution >= 0.6 is 0 Å². The zero-order valence-corrected chi connectivity index (χ0v) is 11.4. The summed E-state index contributed by atoms with van der Waals surface area (Å²) in [6.45, 7) is 7.48. The second-order valence-electron chi connectivity index (χ2n) is 5.10. The van der Waals surface area contributed by atoms with Crippen molar-refractivity contribution in [3.8, 4) is 0 Å². The van der Waals surface area contributed by atoms with E-state index >= 15 is 0 Å². The molecule has 16 heavy (non-hydrogen) atoms. The molecule has 0 amide bonds. The van der Waals surface area contributed by atoms with Gasteiger partial charge in [0.1, 0.15) is 0 Å². The predicted octanol–water partition coefficient (Wildman–Crippen LogP) is 3.23. The Morgan fingerprint density at radius 2 is 2.19 bits per heavy atom. The van der Waals surface area contributed by atoms with Crippen molar-refractivity contribution in [1.29, 1.82) is 0 Å². The number of carbonyl (C=O) groups excluding carboxylic acids is 1. The minimum absolute atomic E-state index is 0.184. The van der Waals surface area contributed by atoms with Gasteiger partial charge in [-0.15, -0.1) is 5.73 Å². The topological polar surface area (TPSA) is 26.3 Å². The van der Waals surface area contributed by atoms with E-state index in [0.29, 0.717) is 13.0 Å². The first-order chi connectivity index (χ1) is 7.47. The number of carbonyl (C=O) groups is 1. The summed E-state index contributed by atoms with van der Waals surface area (Å²) in [6.07, 6.45) is 5.86. The Morgan fingerprint density at radius 1 is 1.44 bits per heavy atom. The molecule has 0 aromatic rings. The van der Waals surface area contributed by atoms with Crippen LogP contribution in [0.5, 0.6) is 0 Å². The second-order valence-corrected chi connectivity index (χ2v) is 10.1. The third-order valence-electron chi connectivity index (χ3n) is 2.12. The minimum Gasteiger partial charge on any atom is -0.497 e. The highest BCUT2D eigenvalue weighted by atomic mass is 28.3. The van der Waals surface area contributed by atoms with Crippen LogP contribution in [0.3, 0.4) is 0 Å². The monoisotopic (exact) mass is 236 g/mol. The molecular formula is C13H20O2Si. The van der Waals surface area contributed by atoms with Crippen molar-refractivity contribution in [3.63, 3.8) is 0 Å². The van der Waals surface area contributed by atoms with Crippen LogP contribution in [0.15, 0.2) is 29.3 Å². The van der Waals surface area contributed by atoms with Crippen molar-refractivity contribution in [2.75, 3.05) is 6.61 Å². The Morgan fingerprint density at radius 3 is 2.75 bits per heavy atom. The SMILES string of the molecule is C[Si](C)(C)C=C=CCCOC1=CC(=O)CC1. The fraction of sp³-hybridized carbons (Fsp3) is 0.538. The van der Waals surface area contributed by atoms with Crippen LogP contribution in [0.2, 0.25) is 19.6 Å². The van der Waals surface area contributed by atoms with Gasteiger partial charge in [0.15, 0.2) is 5.78 Å². The number of ether oxygens (including phenoxy) is 1. The van der Waals surface area contributed by atoms with Gasteiger partial charge in [-0.2, -0.15) is 0 Å². The molecule has 0 N–H and O–H groups in total. The maximum absolute atomic E-state index is 10.9. The molecule has 0 unspecified atom stereocenters. The highest BCUT2D eigenvalue weighted by molar-refractivity contribution is 6.80. The van der Waals surface area contributed by atoms with Gasteiger partial charge in [0.25, 0.3) is 0 Å². The number of allylic oxidation sites excluding steroid dienone is 2. The van der Waals surface area contributed by atoms with E-state index in [2.05, 4.69) is 31.1 Å². The lowest BCUT2D eigenvalue weighted by Crippen LogP contribution is -2.14. The lowest BCUT2D eigenvalue weighted by molar-refractivity contribution is -0.114. The smallest absolute Gasteiger partial charge is 0.159 e. The first kappa shape index (κ1) is 13.0. The molecule has 0 aliphatic heterocycles. The molecular weight excluding hydrogens is 216 g/mol. The third-order valence-corrected chi connectivity index (χ3v) is 3.16. The molecule has 1 aliphatic rings. The first-order valence-electron chi connectivity index (χ1n) is 5.76. The maximum atomic E-state index is 10.9. The Kier molecular flexibility index (Phi) is 4.78. The number of ketones is 1. The second kappa shape index (κ2) is 5.88. The van der Waals surface area contributed by atoms with Crippen LogP contribution in [0.25, 0.3) is 0 Å². The zero-order chi connectivity index (χ0) is 12.0. The van der Waals surface area contributed by atoms with Gasteiger partial charge in [-0.1, -0.05) is 25.3 Å². The van der Waals surface area contributed by atoms with Crippen molar-refractivity contribution in [2.24, 2.45) is 0 Å². The summed E-state index contributed by atoms with van der Waals surface area (Å²) >= 11 is 0. The van der Waals surface area contributed by atoms with Crippen LogP contribution < -0.4 is 0 Å². The molecule has 0 saturated carbocycles. The van der Waals surface area contributed by atoms with E-state index in [-0.39, 0.29) is 5.78 Å². The largest absolute Gasteiger partial charge is 0.497 e. The van der Waals surface area contributed by atoms with Gasteiger partial charge in [0.2, 0.25) is 0 Å². The van der Waals surface area contributed by atoms with E-state index in [0.717, 1.165) is 18.6 Å². The molecule has 1 rings (SSSR count). The van der Waals surface area contributed by atoms with E-state index in [1.807, 2.05) is 6.08 Å². The summed E-state index contributed by atoms with van der Waals surface area (Å²) in [5, 5.41) is 0. The molecule has 0 aromatic heterocycles. The molecule has 0 atom stereocenters. The van der Waals surface area contributed by atoms with Gasteiger partial charge in [-0.3, -0.25) is 4.79 Å². The standard InChI is InChI=1S/C13H20O2Si/c1-16(2,3)10-6-4-5-9-15-13-8-7-12(14)11-13/h4,10-11H,5,7-9H2,1-3H3. The fourth-order valence-corrected chi connectivity index (χ4v) is 1.94. The summed E-state index contributed by atoms with van der Waals surface area (Å²) in [7, 11) is -1.12. The minimum atomic E-state index is -1.12. The lowest BCUT2D eigenvalue weighted by atomic mass is 10.3. The van der Waals surface area contributed by atoms with E-state index in [9.17, 15) is 4.79 Å². The van der Waals surface area contributed by atoms with Crippen molar-refractivity contribution in [3.05, 3.63) is 29.3 Å². The molecule has 88 valence electrons. The summed E-state index contributed by atoms with van der Waals surface area (Å²) in [5.74, 6) is 1.02. The molecule has 0 spiro atoms.